The molecule has 2 aliphatic rings. The van der Waals surface area contributed by atoms with Crippen molar-refractivity contribution in [2.75, 3.05) is 31.1 Å². The Morgan fingerprint density at radius 1 is 1.24 bits per heavy atom. The fraction of sp³-hybridized carbons (Fsp3) is 0.667. The lowest BCUT2D eigenvalue weighted by molar-refractivity contribution is 0.129. The Morgan fingerprint density at radius 2 is 2.05 bits per heavy atom. The number of nitrogens with zero attached hydrogens (tertiary/aromatic N) is 1. The van der Waals surface area contributed by atoms with E-state index in [1.54, 1.807) is 0 Å². The van der Waals surface area contributed by atoms with E-state index in [1.165, 1.54) is 49.4 Å². The van der Waals surface area contributed by atoms with Gasteiger partial charge in [-0.1, -0.05) is 37.3 Å². The molecule has 1 heterocycles. The molecule has 3 rings (SSSR count). The lowest BCUT2D eigenvalue weighted by Gasteiger charge is -2.41. The van der Waals surface area contributed by atoms with Crippen LogP contribution in [0.3, 0.4) is 0 Å². The zero-order valence-corrected chi connectivity index (χ0v) is 13.9. The zero-order chi connectivity index (χ0) is 14.5. The molecule has 2 nitrogen and oxygen atoms in total. The van der Waals surface area contributed by atoms with Gasteiger partial charge < -0.3 is 5.32 Å². The van der Waals surface area contributed by atoms with E-state index in [0.29, 0.717) is 6.04 Å². The Balaban J connectivity index is 1.59. The molecule has 0 bridgehead atoms. The average Bonchev–Trinajstić information content (AvgIpc) is 3.35. The minimum atomic E-state index is 0.667. The molecule has 1 saturated carbocycles. The fourth-order valence-electron chi connectivity index (χ4n) is 3.38. The molecule has 0 radical (unpaired) electrons. The van der Waals surface area contributed by atoms with Crippen LogP contribution in [0.25, 0.3) is 0 Å². The highest BCUT2D eigenvalue weighted by molar-refractivity contribution is 7.99. The van der Waals surface area contributed by atoms with Crippen LogP contribution in [0.15, 0.2) is 30.3 Å². The summed E-state index contributed by atoms with van der Waals surface area (Å²) < 4.78 is 0. The third kappa shape index (κ3) is 4.48. The fourth-order valence-corrected chi connectivity index (χ4v) is 4.04. The Labute approximate surface area is 133 Å². The van der Waals surface area contributed by atoms with Crippen molar-refractivity contribution in [2.24, 2.45) is 5.92 Å². The van der Waals surface area contributed by atoms with Gasteiger partial charge in [-0.2, -0.15) is 11.8 Å². The number of hydrogen-bond donors (Lipinski definition) is 1. The van der Waals surface area contributed by atoms with Gasteiger partial charge >= 0.3 is 0 Å². The molecular formula is C18H28N2S. The molecular weight excluding hydrogens is 276 g/mol. The Bertz CT molecular complexity index is 418. The van der Waals surface area contributed by atoms with Gasteiger partial charge in [0.05, 0.1) is 0 Å². The van der Waals surface area contributed by atoms with Gasteiger partial charge in [0.2, 0.25) is 0 Å². The molecule has 0 amide bonds. The van der Waals surface area contributed by atoms with Crippen molar-refractivity contribution in [1.82, 2.24) is 10.2 Å². The number of piperazine rings is 1. The van der Waals surface area contributed by atoms with E-state index in [4.69, 9.17) is 0 Å². The number of hydrogen-bond acceptors (Lipinski definition) is 3. The molecule has 3 heteroatoms. The second kappa shape index (κ2) is 7.66. The molecule has 0 aromatic heterocycles. The summed E-state index contributed by atoms with van der Waals surface area (Å²) in [5, 5.41) is 3.82. The van der Waals surface area contributed by atoms with Crippen LogP contribution in [0.4, 0.5) is 0 Å². The topological polar surface area (TPSA) is 15.3 Å². The summed E-state index contributed by atoms with van der Waals surface area (Å²) >= 11 is 2.07. The molecule has 21 heavy (non-hydrogen) atoms. The van der Waals surface area contributed by atoms with Crippen molar-refractivity contribution in [2.45, 2.75) is 38.3 Å². The summed E-state index contributed by atoms with van der Waals surface area (Å²) in [6, 6.07) is 12.4. The standard InChI is InChI=1S/C18H28N2S/c1-2-21-11-10-20-14-18(16-8-9-16)19-13-17(20)12-15-6-4-3-5-7-15/h3-7,16-19H,2,8-14H2,1H3. The lowest BCUT2D eigenvalue weighted by atomic mass is 9.99. The Hall–Kier alpha value is -0.510. The van der Waals surface area contributed by atoms with Crippen LogP contribution < -0.4 is 5.32 Å². The molecule has 116 valence electrons. The quantitative estimate of drug-likeness (QED) is 0.780. The van der Waals surface area contributed by atoms with Crippen LogP contribution in [0.1, 0.15) is 25.3 Å². The average molecular weight is 305 g/mol. The Morgan fingerprint density at radius 3 is 2.76 bits per heavy atom. The molecule has 1 aromatic carbocycles. The highest BCUT2D eigenvalue weighted by Crippen LogP contribution is 2.34. The van der Waals surface area contributed by atoms with Crippen LogP contribution in [-0.2, 0) is 6.42 Å². The van der Waals surface area contributed by atoms with Crippen LogP contribution in [0.5, 0.6) is 0 Å². The van der Waals surface area contributed by atoms with Gasteiger partial charge in [-0.25, -0.2) is 0 Å². The number of thioether (sulfide) groups is 1. The van der Waals surface area contributed by atoms with Gasteiger partial charge in [-0.15, -0.1) is 0 Å². The molecule has 2 atom stereocenters. The largest absolute Gasteiger partial charge is 0.311 e. The smallest absolute Gasteiger partial charge is 0.0262 e. The van der Waals surface area contributed by atoms with Crippen LogP contribution in [0, 0.1) is 5.92 Å². The van der Waals surface area contributed by atoms with Crippen molar-refractivity contribution in [1.29, 1.82) is 0 Å². The van der Waals surface area contributed by atoms with Gasteiger partial charge in [0.15, 0.2) is 0 Å². The molecule has 1 aliphatic heterocycles. The minimum absolute atomic E-state index is 0.667. The predicted octanol–water partition coefficient (Wildman–Crippen LogP) is 3.03. The van der Waals surface area contributed by atoms with Crippen molar-refractivity contribution in [3.05, 3.63) is 35.9 Å². The van der Waals surface area contributed by atoms with E-state index in [2.05, 4.69) is 59.2 Å². The third-order valence-electron chi connectivity index (χ3n) is 4.80. The Kier molecular flexibility index (Phi) is 5.61. The molecule has 1 aliphatic carbocycles. The zero-order valence-electron chi connectivity index (χ0n) is 13.1. The monoisotopic (exact) mass is 304 g/mol. The number of nitrogens with one attached hydrogen (secondary N) is 1. The summed E-state index contributed by atoms with van der Waals surface area (Å²) in [7, 11) is 0. The maximum absolute atomic E-state index is 3.82. The highest BCUT2D eigenvalue weighted by Gasteiger charge is 2.36. The van der Waals surface area contributed by atoms with Crippen LogP contribution in [0.2, 0.25) is 0 Å². The molecule has 2 fully saturated rings. The SMILES string of the molecule is CCSCCN1CC(C2CC2)NCC1Cc1ccccc1. The molecule has 0 spiro atoms. The van der Waals surface area contributed by atoms with E-state index in [-0.39, 0.29) is 0 Å². The maximum Gasteiger partial charge on any atom is 0.0262 e. The van der Waals surface area contributed by atoms with Crippen LogP contribution >= 0.6 is 11.8 Å². The van der Waals surface area contributed by atoms with E-state index in [9.17, 15) is 0 Å². The molecule has 2 unspecified atom stereocenters. The second-order valence-corrected chi connectivity index (χ2v) is 7.78. The second-order valence-electron chi connectivity index (χ2n) is 6.39. The summed E-state index contributed by atoms with van der Waals surface area (Å²) in [5.41, 5.74) is 1.47. The van der Waals surface area contributed by atoms with E-state index < -0.39 is 0 Å². The predicted molar refractivity (Wildman–Crippen MR) is 93.0 cm³/mol. The maximum atomic E-state index is 3.82. The highest BCUT2D eigenvalue weighted by atomic mass is 32.2. The van der Waals surface area contributed by atoms with Crippen LogP contribution in [-0.4, -0.2) is 48.1 Å². The summed E-state index contributed by atoms with van der Waals surface area (Å²) in [6.45, 7) is 5.93. The van der Waals surface area contributed by atoms with Crippen molar-refractivity contribution in [3.63, 3.8) is 0 Å². The minimum Gasteiger partial charge on any atom is -0.311 e. The van der Waals surface area contributed by atoms with Crippen molar-refractivity contribution < 1.29 is 0 Å². The van der Waals surface area contributed by atoms with Gasteiger partial charge in [-0.05, 0) is 36.5 Å². The van der Waals surface area contributed by atoms with Gasteiger partial charge in [0, 0.05) is 37.5 Å². The summed E-state index contributed by atoms with van der Waals surface area (Å²) in [6.07, 6.45) is 4.07. The van der Waals surface area contributed by atoms with E-state index in [0.717, 1.165) is 18.5 Å². The summed E-state index contributed by atoms with van der Waals surface area (Å²) in [5.74, 6) is 3.48. The first-order valence-electron chi connectivity index (χ1n) is 8.46. The molecule has 1 aromatic rings. The van der Waals surface area contributed by atoms with E-state index in [1.807, 2.05) is 0 Å². The van der Waals surface area contributed by atoms with Crippen molar-refractivity contribution in [3.8, 4) is 0 Å². The summed E-state index contributed by atoms with van der Waals surface area (Å²) in [4.78, 5) is 2.76. The van der Waals surface area contributed by atoms with Gasteiger partial charge in [0.25, 0.3) is 0 Å². The molecule has 1 saturated heterocycles. The first-order valence-corrected chi connectivity index (χ1v) is 9.61. The normalized spacial score (nSPS) is 26.9. The van der Waals surface area contributed by atoms with Gasteiger partial charge in [0.1, 0.15) is 0 Å². The number of rotatable bonds is 7. The van der Waals surface area contributed by atoms with Gasteiger partial charge in [-0.3, -0.25) is 4.90 Å². The van der Waals surface area contributed by atoms with E-state index >= 15 is 0 Å². The first kappa shape index (κ1) is 15.4. The van der Waals surface area contributed by atoms with Crippen molar-refractivity contribution >= 4 is 11.8 Å². The first-order chi connectivity index (χ1) is 10.4. The molecule has 1 N–H and O–H groups in total. The lowest BCUT2D eigenvalue weighted by Crippen LogP contribution is -2.58. The number of benzene rings is 1. The third-order valence-corrected chi connectivity index (χ3v) is 5.67.